The van der Waals surface area contributed by atoms with Gasteiger partial charge in [0.1, 0.15) is 17.9 Å². The molecule has 148 valence electrons. The standard InChI is InChI=1S/C25H20N2O3/c1-16(23-14-17-8-2-7-13-22(17)30-23)26-24(28)15-27-20-11-5-3-9-18(20)25(29)19-10-4-6-12-21(19)27/h2-14,16H,15H2,1H3,(H,26,28)/t16-/m1/s1. The third kappa shape index (κ3) is 3.05. The number of carbonyl (C=O) groups is 1. The Morgan fingerprint density at radius 1 is 0.933 bits per heavy atom. The van der Waals surface area contributed by atoms with Crippen LogP contribution in [0.1, 0.15) is 18.7 Å². The van der Waals surface area contributed by atoms with Gasteiger partial charge in [0.15, 0.2) is 5.43 Å². The highest BCUT2D eigenvalue weighted by Crippen LogP contribution is 2.24. The fourth-order valence-corrected chi connectivity index (χ4v) is 3.96. The molecule has 0 aliphatic carbocycles. The molecule has 5 aromatic rings. The predicted molar refractivity (Wildman–Crippen MR) is 118 cm³/mol. The summed E-state index contributed by atoms with van der Waals surface area (Å²) in [6.45, 7) is 2.00. The lowest BCUT2D eigenvalue weighted by Gasteiger charge is -2.17. The van der Waals surface area contributed by atoms with E-state index in [0.29, 0.717) is 16.5 Å². The highest BCUT2D eigenvalue weighted by Gasteiger charge is 2.17. The Balaban J connectivity index is 1.49. The monoisotopic (exact) mass is 396 g/mol. The summed E-state index contributed by atoms with van der Waals surface area (Å²) >= 11 is 0. The molecule has 0 aliphatic rings. The Morgan fingerprint density at radius 3 is 2.20 bits per heavy atom. The molecule has 1 amide bonds. The number of pyridine rings is 1. The van der Waals surface area contributed by atoms with E-state index in [9.17, 15) is 9.59 Å². The molecular formula is C25H20N2O3. The molecule has 0 fully saturated rings. The predicted octanol–water partition coefficient (Wildman–Crippen LogP) is 4.78. The summed E-state index contributed by atoms with van der Waals surface area (Å²) in [7, 11) is 0. The van der Waals surface area contributed by atoms with E-state index in [0.717, 1.165) is 22.0 Å². The minimum Gasteiger partial charge on any atom is -0.459 e. The molecule has 0 spiro atoms. The van der Waals surface area contributed by atoms with Crippen molar-refractivity contribution in [1.29, 1.82) is 0 Å². The number of rotatable bonds is 4. The lowest BCUT2D eigenvalue weighted by Crippen LogP contribution is -2.30. The van der Waals surface area contributed by atoms with E-state index in [1.54, 1.807) is 12.1 Å². The summed E-state index contributed by atoms with van der Waals surface area (Å²) in [5.41, 5.74) is 2.26. The zero-order valence-corrected chi connectivity index (χ0v) is 16.5. The van der Waals surface area contributed by atoms with Crippen LogP contribution >= 0.6 is 0 Å². The third-order valence-electron chi connectivity index (χ3n) is 5.43. The van der Waals surface area contributed by atoms with Crippen molar-refractivity contribution in [3.8, 4) is 0 Å². The van der Waals surface area contributed by atoms with Crippen molar-refractivity contribution in [2.45, 2.75) is 19.5 Å². The summed E-state index contributed by atoms with van der Waals surface area (Å²) in [6.07, 6.45) is 0. The molecule has 0 saturated heterocycles. The maximum Gasteiger partial charge on any atom is 0.240 e. The average Bonchev–Trinajstić information content (AvgIpc) is 3.21. The first kappa shape index (κ1) is 18.2. The Bertz CT molecular complexity index is 1370. The number of nitrogens with zero attached hydrogens (tertiary/aromatic N) is 1. The van der Waals surface area contributed by atoms with Gasteiger partial charge < -0.3 is 14.3 Å². The summed E-state index contributed by atoms with van der Waals surface area (Å²) < 4.78 is 7.77. The van der Waals surface area contributed by atoms with Crippen molar-refractivity contribution >= 4 is 38.7 Å². The normalized spacial score (nSPS) is 12.4. The first-order valence-electron chi connectivity index (χ1n) is 9.90. The largest absolute Gasteiger partial charge is 0.459 e. The lowest BCUT2D eigenvalue weighted by molar-refractivity contribution is -0.122. The Labute approximate surface area is 172 Å². The summed E-state index contributed by atoms with van der Waals surface area (Å²) in [6, 6.07) is 24.2. The maximum atomic E-state index is 12.9. The number of aromatic nitrogens is 1. The van der Waals surface area contributed by atoms with E-state index in [1.165, 1.54) is 0 Å². The van der Waals surface area contributed by atoms with Gasteiger partial charge in [-0.05, 0) is 43.3 Å². The van der Waals surface area contributed by atoms with Crippen LogP contribution in [-0.2, 0) is 11.3 Å². The van der Waals surface area contributed by atoms with Crippen molar-refractivity contribution < 1.29 is 9.21 Å². The number of hydrogen-bond acceptors (Lipinski definition) is 3. The van der Waals surface area contributed by atoms with Crippen LogP contribution in [-0.4, -0.2) is 10.5 Å². The topological polar surface area (TPSA) is 64.2 Å². The molecule has 5 rings (SSSR count). The summed E-state index contributed by atoms with van der Waals surface area (Å²) in [4.78, 5) is 25.8. The number of amides is 1. The zero-order chi connectivity index (χ0) is 20.7. The first-order chi connectivity index (χ1) is 14.6. The fourth-order valence-electron chi connectivity index (χ4n) is 3.96. The Hall–Kier alpha value is -3.86. The lowest BCUT2D eigenvalue weighted by atomic mass is 10.1. The van der Waals surface area contributed by atoms with Gasteiger partial charge in [-0.15, -0.1) is 0 Å². The molecule has 2 heterocycles. The van der Waals surface area contributed by atoms with Crippen molar-refractivity contribution in [3.05, 3.63) is 94.8 Å². The van der Waals surface area contributed by atoms with Crippen LogP contribution < -0.4 is 10.7 Å². The second-order valence-electron chi connectivity index (χ2n) is 7.43. The molecule has 0 saturated carbocycles. The number of para-hydroxylation sites is 3. The Kier molecular flexibility index (Phi) is 4.36. The SMILES string of the molecule is C[C@@H](NC(=O)Cn1c2ccccc2c(=O)c2ccccc21)c1cc2ccccc2o1. The smallest absolute Gasteiger partial charge is 0.240 e. The Morgan fingerprint density at radius 2 is 1.53 bits per heavy atom. The maximum absolute atomic E-state index is 12.9. The van der Waals surface area contributed by atoms with Gasteiger partial charge in [0.2, 0.25) is 5.91 Å². The number of furan rings is 1. The number of hydrogen-bond donors (Lipinski definition) is 1. The molecule has 5 heteroatoms. The molecule has 1 atom stereocenters. The van der Waals surface area contributed by atoms with Gasteiger partial charge in [-0.1, -0.05) is 42.5 Å². The second kappa shape index (κ2) is 7.19. The molecule has 1 N–H and O–H groups in total. The van der Waals surface area contributed by atoms with Crippen LogP contribution in [0.3, 0.4) is 0 Å². The van der Waals surface area contributed by atoms with Crippen LogP contribution in [0.4, 0.5) is 0 Å². The molecule has 3 aromatic carbocycles. The molecule has 0 bridgehead atoms. The van der Waals surface area contributed by atoms with Gasteiger partial charge in [-0.3, -0.25) is 9.59 Å². The number of benzene rings is 3. The highest BCUT2D eigenvalue weighted by atomic mass is 16.3. The summed E-state index contributed by atoms with van der Waals surface area (Å²) in [5, 5.41) is 5.24. The van der Waals surface area contributed by atoms with Crippen molar-refractivity contribution in [1.82, 2.24) is 9.88 Å². The van der Waals surface area contributed by atoms with E-state index in [2.05, 4.69) is 5.32 Å². The van der Waals surface area contributed by atoms with E-state index in [-0.39, 0.29) is 23.9 Å². The third-order valence-corrected chi connectivity index (χ3v) is 5.43. The molecular weight excluding hydrogens is 376 g/mol. The fraction of sp³-hybridized carbons (Fsp3) is 0.120. The van der Waals surface area contributed by atoms with Crippen LogP contribution in [0.25, 0.3) is 32.8 Å². The van der Waals surface area contributed by atoms with Crippen molar-refractivity contribution in [2.75, 3.05) is 0 Å². The molecule has 30 heavy (non-hydrogen) atoms. The van der Waals surface area contributed by atoms with E-state index < -0.39 is 0 Å². The van der Waals surface area contributed by atoms with Gasteiger partial charge >= 0.3 is 0 Å². The van der Waals surface area contributed by atoms with Crippen LogP contribution in [0.15, 0.2) is 88.1 Å². The van der Waals surface area contributed by atoms with Gasteiger partial charge in [-0.2, -0.15) is 0 Å². The molecule has 5 nitrogen and oxygen atoms in total. The van der Waals surface area contributed by atoms with E-state index >= 15 is 0 Å². The van der Waals surface area contributed by atoms with Crippen LogP contribution in [0.5, 0.6) is 0 Å². The zero-order valence-electron chi connectivity index (χ0n) is 16.5. The quantitative estimate of drug-likeness (QED) is 0.445. The van der Waals surface area contributed by atoms with Crippen LogP contribution in [0, 0.1) is 0 Å². The average molecular weight is 396 g/mol. The van der Waals surface area contributed by atoms with E-state index in [1.807, 2.05) is 78.2 Å². The second-order valence-corrected chi connectivity index (χ2v) is 7.43. The summed E-state index contributed by atoms with van der Waals surface area (Å²) in [5.74, 6) is 0.557. The first-order valence-corrected chi connectivity index (χ1v) is 9.90. The minimum atomic E-state index is -0.276. The van der Waals surface area contributed by atoms with Gasteiger partial charge in [-0.25, -0.2) is 0 Å². The van der Waals surface area contributed by atoms with Gasteiger partial charge in [0.25, 0.3) is 0 Å². The van der Waals surface area contributed by atoms with Gasteiger partial charge in [0.05, 0.1) is 17.1 Å². The number of fused-ring (bicyclic) bond motifs is 3. The van der Waals surface area contributed by atoms with Crippen LogP contribution in [0.2, 0.25) is 0 Å². The van der Waals surface area contributed by atoms with Crippen molar-refractivity contribution in [2.24, 2.45) is 0 Å². The molecule has 0 aliphatic heterocycles. The highest BCUT2D eigenvalue weighted by molar-refractivity contribution is 5.94. The number of nitrogens with one attached hydrogen (secondary N) is 1. The van der Waals surface area contributed by atoms with E-state index in [4.69, 9.17) is 4.42 Å². The van der Waals surface area contributed by atoms with Crippen molar-refractivity contribution in [3.63, 3.8) is 0 Å². The molecule has 0 unspecified atom stereocenters. The number of carbonyl (C=O) groups excluding carboxylic acids is 1. The van der Waals surface area contributed by atoms with Gasteiger partial charge in [0, 0.05) is 16.2 Å². The molecule has 2 aromatic heterocycles. The minimum absolute atomic E-state index is 0.0199. The molecule has 0 radical (unpaired) electrons.